The van der Waals surface area contributed by atoms with E-state index in [1.54, 1.807) is 19.1 Å². The molecule has 5 nitrogen and oxygen atoms in total. The van der Waals surface area contributed by atoms with Crippen LogP contribution in [-0.2, 0) is 9.53 Å². The molecule has 1 heterocycles. The molecule has 3 rings (SSSR count). The van der Waals surface area contributed by atoms with Gasteiger partial charge in [-0.3, -0.25) is 10.2 Å². The molecule has 128 valence electrons. The monoisotopic (exact) mass is 336 g/mol. The summed E-state index contributed by atoms with van der Waals surface area (Å²) in [5.74, 6) is -1.08. The van der Waals surface area contributed by atoms with Crippen molar-refractivity contribution in [3.8, 4) is 0 Å². The maximum absolute atomic E-state index is 12.9. The minimum atomic E-state index is -0.635. The number of nitrogens with zero attached hydrogens (tertiary/aromatic N) is 1. The smallest absolute Gasteiger partial charge is 0.355 e. The van der Waals surface area contributed by atoms with Crippen molar-refractivity contribution in [1.82, 2.24) is 5.43 Å². The number of carbonyl (C=O) groups excluding carboxylic acids is 2. The van der Waals surface area contributed by atoms with Crippen molar-refractivity contribution < 1.29 is 14.3 Å². The van der Waals surface area contributed by atoms with Gasteiger partial charge in [-0.15, -0.1) is 0 Å². The highest BCUT2D eigenvalue weighted by atomic mass is 16.5. The van der Waals surface area contributed by atoms with E-state index < -0.39 is 17.9 Å². The lowest BCUT2D eigenvalue weighted by molar-refractivity contribution is -0.135. The molecule has 0 aliphatic carbocycles. The lowest BCUT2D eigenvalue weighted by atomic mass is 9.84. The average Bonchev–Trinajstić information content (AvgIpc) is 3.08. The number of hydrogen-bond acceptors (Lipinski definition) is 5. The predicted molar refractivity (Wildman–Crippen MR) is 95.7 cm³/mol. The molecule has 2 aromatic rings. The van der Waals surface area contributed by atoms with Gasteiger partial charge < -0.3 is 4.74 Å². The van der Waals surface area contributed by atoms with Crippen LogP contribution in [0.4, 0.5) is 0 Å². The molecule has 1 aliphatic heterocycles. The lowest BCUT2D eigenvalue weighted by Crippen LogP contribution is -2.37. The summed E-state index contributed by atoms with van der Waals surface area (Å²) in [6, 6.07) is 16.1. The maximum atomic E-state index is 12.9. The number of carbonyl (C=O) groups is 2. The first-order valence-electron chi connectivity index (χ1n) is 8.28. The number of ketones is 1. The predicted octanol–water partition coefficient (Wildman–Crippen LogP) is 2.85. The van der Waals surface area contributed by atoms with Crippen molar-refractivity contribution in [3.63, 3.8) is 0 Å². The van der Waals surface area contributed by atoms with Crippen LogP contribution in [0.25, 0.3) is 0 Å². The molecule has 2 atom stereocenters. The zero-order chi connectivity index (χ0) is 17.8. The second-order valence-corrected chi connectivity index (χ2v) is 5.94. The lowest BCUT2D eigenvalue weighted by Gasteiger charge is -2.20. The number of benzene rings is 2. The SMILES string of the molecule is CCOC(=O)C1=NN[C@H](C(=O)c2ccccc2)[C@H]1c1ccc(C)cc1. The summed E-state index contributed by atoms with van der Waals surface area (Å²) in [5.41, 5.74) is 5.63. The van der Waals surface area contributed by atoms with Crippen LogP contribution < -0.4 is 5.43 Å². The van der Waals surface area contributed by atoms with E-state index in [4.69, 9.17) is 4.74 Å². The Balaban J connectivity index is 1.97. The highest BCUT2D eigenvalue weighted by molar-refractivity contribution is 6.40. The number of hydrazone groups is 1. The Morgan fingerprint density at radius 3 is 2.40 bits per heavy atom. The van der Waals surface area contributed by atoms with Gasteiger partial charge in [-0.1, -0.05) is 60.2 Å². The summed E-state index contributed by atoms with van der Waals surface area (Å²) in [5, 5.41) is 4.13. The van der Waals surface area contributed by atoms with Crippen LogP contribution in [0.1, 0.15) is 34.3 Å². The first-order chi connectivity index (χ1) is 12.1. The van der Waals surface area contributed by atoms with Gasteiger partial charge in [0.05, 0.1) is 12.5 Å². The van der Waals surface area contributed by atoms with Crippen molar-refractivity contribution in [1.29, 1.82) is 0 Å². The molecule has 0 amide bonds. The fourth-order valence-corrected chi connectivity index (χ4v) is 2.93. The standard InChI is InChI=1S/C20H20N2O3/c1-3-25-20(24)18-16(14-11-9-13(2)10-12-14)17(21-22-18)19(23)15-7-5-4-6-8-15/h4-12,16-17,21H,3H2,1-2H3/t16-,17+/m1/s1. The Bertz CT molecular complexity index is 797. The van der Waals surface area contributed by atoms with E-state index in [-0.39, 0.29) is 18.1 Å². The van der Waals surface area contributed by atoms with E-state index in [0.29, 0.717) is 5.56 Å². The number of ether oxygens (including phenoxy) is 1. The summed E-state index contributed by atoms with van der Waals surface area (Å²) in [7, 11) is 0. The average molecular weight is 336 g/mol. The Morgan fingerprint density at radius 1 is 1.08 bits per heavy atom. The van der Waals surface area contributed by atoms with E-state index in [1.165, 1.54) is 0 Å². The summed E-state index contributed by atoms with van der Waals surface area (Å²) in [4.78, 5) is 25.2. The zero-order valence-electron chi connectivity index (χ0n) is 14.2. The van der Waals surface area contributed by atoms with Crippen LogP contribution in [0, 0.1) is 6.92 Å². The highest BCUT2D eigenvalue weighted by Gasteiger charge is 2.41. The molecule has 1 N–H and O–H groups in total. The molecular weight excluding hydrogens is 316 g/mol. The van der Waals surface area contributed by atoms with E-state index in [1.807, 2.05) is 49.4 Å². The molecule has 2 aromatic carbocycles. The maximum Gasteiger partial charge on any atom is 0.355 e. The van der Waals surface area contributed by atoms with Gasteiger partial charge >= 0.3 is 5.97 Å². The van der Waals surface area contributed by atoms with Crippen molar-refractivity contribution in [2.45, 2.75) is 25.8 Å². The van der Waals surface area contributed by atoms with E-state index in [0.717, 1.165) is 11.1 Å². The third kappa shape index (κ3) is 3.45. The minimum absolute atomic E-state index is 0.103. The molecule has 0 fully saturated rings. The molecule has 25 heavy (non-hydrogen) atoms. The third-order valence-corrected chi connectivity index (χ3v) is 4.21. The Labute approximate surface area is 146 Å². The second-order valence-electron chi connectivity index (χ2n) is 5.94. The van der Waals surface area contributed by atoms with Gasteiger partial charge in [-0.25, -0.2) is 4.79 Å². The number of aryl methyl sites for hydroxylation is 1. The molecule has 0 spiro atoms. The summed E-state index contributed by atoms with van der Waals surface area (Å²) < 4.78 is 5.11. The number of Topliss-reactive ketones (excluding diaryl/α,β-unsaturated/α-hetero) is 1. The van der Waals surface area contributed by atoms with Gasteiger partial charge in [0.2, 0.25) is 0 Å². The number of nitrogens with one attached hydrogen (secondary N) is 1. The second kappa shape index (κ2) is 7.30. The fourth-order valence-electron chi connectivity index (χ4n) is 2.93. The van der Waals surface area contributed by atoms with Gasteiger partial charge in [-0.05, 0) is 19.4 Å². The molecule has 0 aromatic heterocycles. The minimum Gasteiger partial charge on any atom is -0.461 e. The zero-order valence-corrected chi connectivity index (χ0v) is 14.2. The quantitative estimate of drug-likeness (QED) is 0.673. The van der Waals surface area contributed by atoms with Crippen molar-refractivity contribution >= 4 is 17.5 Å². The Kier molecular flexibility index (Phi) is 4.93. The topological polar surface area (TPSA) is 67.8 Å². The van der Waals surface area contributed by atoms with E-state index in [9.17, 15) is 9.59 Å². The number of hydrogen-bond donors (Lipinski definition) is 1. The normalized spacial score (nSPS) is 19.0. The Hall–Kier alpha value is -2.95. The van der Waals surface area contributed by atoms with Gasteiger partial charge in [0, 0.05) is 5.56 Å². The van der Waals surface area contributed by atoms with Crippen molar-refractivity contribution in [2.75, 3.05) is 6.61 Å². The first kappa shape index (κ1) is 16.9. The molecule has 0 bridgehead atoms. The van der Waals surface area contributed by atoms with Crippen LogP contribution >= 0.6 is 0 Å². The van der Waals surface area contributed by atoms with Crippen molar-refractivity contribution in [3.05, 3.63) is 71.3 Å². The summed E-state index contributed by atoms with van der Waals surface area (Å²) >= 11 is 0. The molecule has 0 unspecified atom stereocenters. The van der Waals surface area contributed by atoms with Crippen molar-refractivity contribution in [2.24, 2.45) is 5.10 Å². The number of esters is 1. The van der Waals surface area contributed by atoms with Crippen LogP contribution in [0.5, 0.6) is 0 Å². The molecule has 5 heteroatoms. The van der Waals surface area contributed by atoms with E-state index >= 15 is 0 Å². The fraction of sp³-hybridized carbons (Fsp3) is 0.250. The first-order valence-corrected chi connectivity index (χ1v) is 8.28. The van der Waals surface area contributed by atoms with Gasteiger partial charge in [0.15, 0.2) is 11.5 Å². The molecule has 1 aliphatic rings. The van der Waals surface area contributed by atoms with Gasteiger partial charge in [0.25, 0.3) is 0 Å². The van der Waals surface area contributed by atoms with Crippen LogP contribution in [0.15, 0.2) is 59.7 Å². The van der Waals surface area contributed by atoms with Gasteiger partial charge in [-0.2, -0.15) is 5.10 Å². The summed E-state index contributed by atoms with van der Waals surface area (Å²) in [6.45, 7) is 3.99. The van der Waals surface area contributed by atoms with Gasteiger partial charge in [0.1, 0.15) is 6.04 Å². The van der Waals surface area contributed by atoms with E-state index in [2.05, 4.69) is 10.5 Å². The number of rotatable bonds is 5. The molecule has 0 radical (unpaired) electrons. The van der Waals surface area contributed by atoms with Crippen LogP contribution in [-0.4, -0.2) is 30.1 Å². The highest BCUT2D eigenvalue weighted by Crippen LogP contribution is 2.29. The third-order valence-electron chi connectivity index (χ3n) is 4.21. The van der Waals surface area contributed by atoms with Crippen LogP contribution in [0.3, 0.4) is 0 Å². The molecular formula is C20H20N2O3. The Morgan fingerprint density at radius 2 is 1.76 bits per heavy atom. The van der Waals surface area contributed by atoms with Crippen LogP contribution in [0.2, 0.25) is 0 Å². The molecule has 0 saturated heterocycles. The summed E-state index contributed by atoms with van der Waals surface area (Å²) in [6.07, 6.45) is 0. The molecule has 0 saturated carbocycles. The largest absolute Gasteiger partial charge is 0.461 e.